The van der Waals surface area contributed by atoms with Crippen LogP contribution in [0, 0.1) is 11.8 Å². The summed E-state index contributed by atoms with van der Waals surface area (Å²) in [5, 5.41) is 10.1. The molecular weight excluding hydrogens is 354 g/mol. The third kappa shape index (κ3) is 2.85. The first-order valence-electron chi connectivity index (χ1n) is 10.5. The van der Waals surface area contributed by atoms with Crippen LogP contribution < -0.4 is 5.56 Å². The number of carbonyl (C=O) groups is 1. The second-order valence-electron chi connectivity index (χ2n) is 8.53. The van der Waals surface area contributed by atoms with Crippen LogP contribution in [0.2, 0.25) is 0 Å². The van der Waals surface area contributed by atoms with Crippen molar-refractivity contribution in [3.05, 3.63) is 39.8 Å². The van der Waals surface area contributed by atoms with E-state index in [2.05, 4.69) is 24.0 Å². The molecule has 0 radical (unpaired) electrons. The van der Waals surface area contributed by atoms with Crippen LogP contribution in [0.25, 0.3) is 5.57 Å². The van der Waals surface area contributed by atoms with Gasteiger partial charge in [0, 0.05) is 50.3 Å². The van der Waals surface area contributed by atoms with Crippen molar-refractivity contribution < 1.29 is 9.90 Å². The highest BCUT2D eigenvalue weighted by atomic mass is 16.3. The van der Waals surface area contributed by atoms with Gasteiger partial charge in [0.2, 0.25) is 5.91 Å². The molecule has 2 aliphatic heterocycles. The van der Waals surface area contributed by atoms with Crippen LogP contribution in [0.4, 0.5) is 0 Å². The van der Waals surface area contributed by atoms with Gasteiger partial charge in [-0.1, -0.05) is 13.0 Å². The number of pyridine rings is 1. The Labute approximate surface area is 166 Å². The van der Waals surface area contributed by atoms with Gasteiger partial charge < -0.3 is 14.6 Å². The van der Waals surface area contributed by atoms with E-state index in [0.29, 0.717) is 13.1 Å². The van der Waals surface area contributed by atoms with Gasteiger partial charge in [0.1, 0.15) is 0 Å². The number of aliphatic hydroxyl groups is 1. The van der Waals surface area contributed by atoms with Gasteiger partial charge in [-0.25, -0.2) is 0 Å². The quantitative estimate of drug-likeness (QED) is 0.859. The third-order valence-electron chi connectivity index (χ3n) is 6.89. The predicted molar refractivity (Wildman–Crippen MR) is 109 cm³/mol. The number of carbonyl (C=O) groups excluding carboxylic acids is 1. The van der Waals surface area contributed by atoms with Crippen molar-refractivity contribution in [1.82, 2.24) is 14.4 Å². The molecular formula is C22H31N3O3. The number of aromatic nitrogens is 1. The van der Waals surface area contributed by atoms with E-state index in [4.69, 9.17) is 0 Å². The summed E-state index contributed by atoms with van der Waals surface area (Å²) in [4.78, 5) is 29.9. The molecule has 1 aromatic heterocycles. The lowest BCUT2D eigenvalue weighted by Crippen LogP contribution is -2.47. The maximum atomic E-state index is 13.3. The normalized spacial score (nSPS) is 29.4. The van der Waals surface area contributed by atoms with E-state index < -0.39 is 0 Å². The zero-order valence-corrected chi connectivity index (χ0v) is 17.1. The summed E-state index contributed by atoms with van der Waals surface area (Å²) in [6, 6.07) is 3.75. The monoisotopic (exact) mass is 385 g/mol. The summed E-state index contributed by atoms with van der Waals surface area (Å²) in [6.07, 6.45) is 6.57. The molecule has 0 unspecified atom stereocenters. The van der Waals surface area contributed by atoms with Gasteiger partial charge in [-0.3, -0.25) is 14.5 Å². The minimum absolute atomic E-state index is 0.0122. The number of hydrogen-bond acceptors (Lipinski definition) is 4. The summed E-state index contributed by atoms with van der Waals surface area (Å²) < 4.78 is 1.90. The van der Waals surface area contributed by atoms with Crippen LogP contribution in [0.15, 0.2) is 23.0 Å². The smallest absolute Gasteiger partial charge is 0.258 e. The largest absolute Gasteiger partial charge is 0.396 e. The van der Waals surface area contributed by atoms with Crippen LogP contribution in [-0.4, -0.2) is 58.7 Å². The number of likely N-dealkylation sites (N-methyl/N-ethyl adjacent to an activating group) is 2. The molecule has 3 heterocycles. The van der Waals surface area contributed by atoms with E-state index in [0.717, 1.165) is 30.5 Å². The first-order valence-corrected chi connectivity index (χ1v) is 10.5. The number of fused-ring (bicyclic) bond motifs is 3. The fourth-order valence-corrected chi connectivity index (χ4v) is 5.55. The van der Waals surface area contributed by atoms with Crippen molar-refractivity contribution in [3.63, 3.8) is 0 Å². The van der Waals surface area contributed by atoms with Crippen molar-refractivity contribution in [3.8, 4) is 0 Å². The Kier molecular flexibility index (Phi) is 5.19. The zero-order valence-electron chi connectivity index (χ0n) is 17.1. The van der Waals surface area contributed by atoms with Crippen molar-refractivity contribution in [2.75, 3.05) is 27.2 Å². The highest BCUT2D eigenvalue weighted by molar-refractivity contribution is 5.82. The Morgan fingerprint density at radius 1 is 1.29 bits per heavy atom. The van der Waals surface area contributed by atoms with Crippen LogP contribution >= 0.6 is 0 Å². The van der Waals surface area contributed by atoms with E-state index in [1.54, 1.807) is 19.0 Å². The van der Waals surface area contributed by atoms with Crippen molar-refractivity contribution in [2.45, 2.75) is 51.2 Å². The molecule has 1 N–H and O–H groups in total. The summed E-state index contributed by atoms with van der Waals surface area (Å²) in [7, 11) is 3.53. The maximum Gasteiger partial charge on any atom is 0.258 e. The maximum absolute atomic E-state index is 13.3. The molecule has 1 fully saturated rings. The molecule has 0 bridgehead atoms. The lowest BCUT2D eigenvalue weighted by Gasteiger charge is -2.31. The minimum Gasteiger partial charge on any atom is -0.396 e. The van der Waals surface area contributed by atoms with Gasteiger partial charge in [0.25, 0.3) is 5.56 Å². The zero-order chi connectivity index (χ0) is 20.0. The molecule has 1 amide bonds. The lowest BCUT2D eigenvalue weighted by molar-refractivity contribution is -0.135. The number of nitrogens with zero attached hydrogens (tertiary/aromatic N) is 3. The van der Waals surface area contributed by atoms with Crippen molar-refractivity contribution in [2.24, 2.45) is 11.8 Å². The molecule has 4 rings (SSSR count). The Bertz CT molecular complexity index is 857. The molecule has 3 aliphatic rings. The fourth-order valence-electron chi connectivity index (χ4n) is 5.55. The van der Waals surface area contributed by atoms with Crippen molar-refractivity contribution in [1.29, 1.82) is 0 Å². The number of allylic oxidation sites excluding steroid dienone is 2. The average Bonchev–Trinajstić information content (AvgIpc) is 3.22. The highest BCUT2D eigenvalue weighted by Crippen LogP contribution is 2.49. The second-order valence-corrected chi connectivity index (χ2v) is 8.53. The highest BCUT2D eigenvalue weighted by Gasteiger charge is 2.55. The fraction of sp³-hybridized carbons (Fsp3) is 0.636. The number of rotatable bonds is 4. The van der Waals surface area contributed by atoms with Gasteiger partial charge in [-0.05, 0) is 49.9 Å². The van der Waals surface area contributed by atoms with Crippen LogP contribution in [0.1, 0.15) is 49.9 Å². The van der Waals surface area contributed by atoms with Crippen LogP contribution in [0.5, 0.6) is 0 Å². The average molecular weight is 386 g/mol. The van der Waals surface area contributed by atoms with Gasteiger partial charge >= 0.3 is 0 Å². The lowest BCUT2D eigenvalue weighted by atomic mass is 9.88. The Morgan fingerprint density at radius 3 is 2.68 bits per heavy atom. The molecule has 0 aromatic carbocycles. The van der Waals surface area contributed by atoms with Crippen molar-refractivity contribution >= 4 is 11.5 Å². The molecule has 6 nitrogen and oxygen atoms in total. The molecule has 0 spiro atoms. The SMILES string of the molecule is CCN1[C@@H]2c3ccc(C4=CCCCC4)c(=O)n3C[C@@H]2[C@@H](CO)[C@@H]1C(=O)N(C)C. The number of aliphatic hydroxyl groups excluding tert-OH is 1. The molecule has 152 valence electrons. The number of amides is 1. The van der Waals surface area contributed by atoms with E-state index in [-0.39, 0.29) is 42.0 Å². The predicted octanol–water partition coefficient (Wildman–Crippen LogP) is 1.88. The molecule has 1 aliphatic carbocycles. The molecule has 4 atom stereocenters. The Hall–Kier alpha value is -1.92. The second kappa shape index (κ2) is 7.48. The number of likely N-dealkylation sites (tertiary alicyclic amines) is 1. The van der Waals surface area contributed by atoms with E-state index in [1.165, 1.54) is 12.0 Å². The summed E-state index contributed by atoms with van der Waals surface area (Å²) in [5.74, 6) is -0.0354. The van der Waals surface area contributed by atoms with Gasteiger partial charge in [-0.15, -0.1) is 0 Å². The van der Waals surface area contributed by atoms with Gasteiger partial charge in [-0.2, -0.15) is 0 Å². The Balaban J connectivity index is 1.75. The molecule has 28 heavy (non-hydrogen) atoms. The first-order chi connectivity index (χ1) is 13.5. The Morgan fingerprint density at radius 2 is 2.07 bits per heavy atom. The molecule has 0 saturated carbocycles. The third-order valence-corrected chi connectivity index (χ3v) is 6.89. The minimum atomic E-state index is -0.329. The van der Waals surface area contributed by atoms with E-state index in [1.807, 2.05) is 10.6 Å². The van der Waals surface area contributed by atoms with E-state index in [9.17, 15) is 14.7 Å². The van der Waals surface area contributed by atoms with Crippen LogP contribution in [-0.2, 0) is 11.3 Å². The molecule has 1 aromatic rings. The van der Waals surface area contributed by atoms with Crippen LogP contribution in [0.3, 0.4) is 0 Å². The first kappa shape index (κ1) is 19.4. The standard InChI is InChI=1S/C22H31N3O3/c1-4-24-19-16(17(13-26)20(24)22(28)23(2)3)12-25-18(19)11-10-15(21(25)27)14-8-6-5-7-9-14/h8,10-11,16-17,19-20,26H,4-7,9,12-13H2,1-3H3/t16-,17-,19+,20-/m1/s1. The van der Waals surface area contributed by atoms with Gasteiger partial charge in [0.05, 0.1) is 12.1 Å². The summed E-state index contributed by atoms with van der Waals surface area (Å²) >= 11 is 0. The summed E-state index contributed by atoms with van der Waals surface area (Å²) in [6.45, 7) is 3.30. The topological polar surface area (TPSA) is 65.8 Å². The van der Waals surface area contributed by atoms with E-state index >= 15 is 0 Å². The van der Waals surface area contributed by atoms with Gasteiger partial charge in [0.15, 0.2) is 0 Å². The number of hydrogen-bond donors (Lipinski definition) is 1. The summed E-state index contributed by atoms with van der Waals surface area (Å²) in [5.41, 5.74) is 3.08. The molecule has 6 heteroatoms. The molecule has 1 saturated heterocycles.